The second-order valence-corrected chi connectivity index (χ2v) is 3.00. The first-order valence-corrected chi connectivity index (χ1v) is 3.91. The standard InChI is InChI=1S/C6H2Cl3N3/c7-3-4(11)2(1-10)5(8)12-6(3)9/h(H2,11,12). The quantitative estimate of drug-likeness (QED) is 0.686. The van der Waals surface area contributed by atoms with Gasteiger partial charge in [-0.05, 0) is 0 Å². The number of nitriles is 1. The Morgan fingerprint density at radius 3 is 2.33 bits per heavy atom. The van der Waals surface area contributed by atoms with Crippen molar-refractivity contribution in [2.45, 2.75) is 0 Å². The van der Waals surface area contributed by atoms with Crippen molar-refractivity contribution in [1.29, 1.82) is 5.26 Å². The van der Waals surface area contributed by atoms with Gasteiger partial charge in [0.15, 0.2) is 10.3 Å². The molecule has 12 heavy (non-hydrogen) atoms. The molecule has 62 valence electrons. The maximum Gasteiger partial charge on any atom is 0.151 e. The minimum Gasteiger partial charge on any atom is -0.396 e. The number of anilines is 1. The topological polar surface area (TPSA) is 62.7 Å². The van der Waals surface area contributed by atoms with Crippen LogP contribution in [0.1, 0.15) is 5.56 Å². The Labute approximate surface area is 83.7 Å². The van der Waals surface area contributed by atoms with Crippen LogP contribution >= 0.6 is 34.8 Å². The van der Waals surface area contributed by atoms with E-state index in [-0.39, 0.29) is 26.6 Å². The minimum atomic E-state index is -0.0376. The molecular weight excluding hydrogens is 220 g/mol. The molecule has 0 saturated heterocycles. The van der Waals surface area contributed by atoms with Gasteiger partial charge in [-0.15, -0.1) is 0 Å². The average Bonchev–Trinajstić information content (AvgIpc) is 2.01. The van der Waals surface area contributed by atoms with E-state index in [1.54, 1.807) is 6.07 Å². The van der Waals surface area contributed by atoms with Crippen molar-refractivity contribution in [3.8, 4) is 6.07 Å². The fraction of sp³-hybridized carbons (Fsp3) is 0. The van der Waals surface area contributed by atoms with Gasteiger partial charge in [0.05, 0.1) is 5.69 Å². The predicted molar refractivity (Wildman–Crippen MR) is 48.4 cm³/mol. The smallest absolute Gasteiger partial charge is 0.151 e. The van der Waals surface area contributed by atoms with Crippen molar-refractivity contribution >= 4 is 40.5 Å². The van der Waals surface area contributed by atoms with Crippen LogP contribution in [0, 0.1) is 11.3 Å². The van der Waals surface area contributed by atoms with Gasteiger partial charge in [0.25, 0.3) is 0 Å². The van der Waals surface area contributed by atoms with Crippen molar-refractivity contribution in [1.82, 2.24) is 4.98 Å². The number of halogens is 3. The molecule has 1 aromatic heterocycles. The Bertz CT molecular complexity index is 369. The Morgan fingerprint density at radius 2 is 1.83 bits per heavy atom. The molecule has 0 unspecified atom stereocenters. The lowest BCUT2D eigenvalue weighted by Crippen LogP contribution is -1.95. The maximum absolute atomic E-state index is 8.56. The number of hydrogen-bond donors (Lipinski definition) is 1. The van der Waals surface area contributed by atoms with Crippen LogP contribution in [0.25, 0.3) is 0 Å². The highest BCUT2D eigenvalue weighted by Crippen LogP contribution is 2.32. The molecule has 0 aliphatic carbocycles. The van der Waals surface area contributed by atoms with Crippen molar-refractivity contribution in [2.75, 3.05) is 5.73 Å². The lowest BCUT2D eigenvalue weighted by atomic mass is 10.2. The highest BCUT2D eigenvalue weighted by molar-refractivity contribution is 6.44. The van der Waals surface area contributed by atoms with Crippen LogP contribution in [-0.4, -0.2) is 4.98 Å². The summed E-state index contributed by atoms with van der Waals surface area (Å²) in [4.78, 5) is 3.60. The van der Waals surface area contributed by atoms with Gasteiger partial charge in [-0.2, -0.15) is 5.26 Å². The normalized spacial score (nSPS) is 9.50. The predicted octanol–water partition coefficient (Wildman–Crippen LogP) is 2.50. The second-order valence-electron chi connectivity index (χ2n) is 1.91. The second kappa shape index (κ2) is 3.36. The molecule has 1 aromatic rings. The van der Waals surface area contributed by atoms with E-state index < -0.39 is 0 Å². The van der Waals surface area contributed by atoms with Crippen molar-refractivity contribution < 1.29 is 0 Å². The molecule has 0 aliphatic heterocycles. The molecule has 6 heteroatoms. The summed E-state index contributed by atoms with van der Waals surface area (Å²) in [6.45, 7) is 0. The van der Waals surface area contributed by atoms with Gasteiger partial charge >= 0.3 is 0 Å². The van der Waals surface area contributed by atoms with Crippen LogP contribution in [0.3, 0.4) is 0 Å². The van der Waals surface area contributed by atoms with E-state index >= 15 is 0 Å². The van der Waals surface area contributed by atoms with E-state index in [0.29, 0.717) is 0 Å². The zero-order chi connectivity index (χ0) is 9.30. The Hall–Kier alpha value is -0.690. The SMILES string of the molecule is N#Cc1c(Cl)nc(Cl)c(Cl)c1N. The molecule has 0 radical (unpaired) electrons. The summed E-state index contributed by atoms with van der Waals surface area (Å²) in [5.41, 5.74) is 5.54. The zero-order valence-electron chi connectivity index (χ0n) is 5.61. The van der Waals surface area contributed by atoms with Gasteiger partial charge in [-0.3, -0.25) is 0 Å². The molecule has 0 atom stereocenters. The van der Waals surface area contributed by atoms with Gasteiger partial charge < -0.3 is 5.73 Å². The molecule has 0 spiro atoms. The van der Waals surface area contributed by atoms with Gasteiger partial charge in [0.1, 0.15) is 16.7 Å². The zero-order valence-corrected chi connectivity index (χ0v) is 7.87. The number of pyridine rings is 1. The Balaban J connectivity index is 3.54. The third kappa shape index (κ3) is 1.42. The minimum absolute atomic E-state index is 0.00170. The fourth-order valence-corrected chi connectivity index (χ4v) is 1.22. The molecule has 0 bridgehead atoms. The molecule has 0 aromatic carbocycles. The van der Waals surface area contributed by atoms with Crippen LogP contribution in [0.5, 0.6) is 0 Å². The first-order valence-electron chi connectivity index (χ1n) is 2.78. The van der Waals surface area contributed by atoms with Crippen LogP contribution < -0.4 is 5.73 Å². The number of aromatic nitrogens is 1. The van der Waals surface area contributed by atoms with E-state index in [1.165, 1.54) is 0 Å². The molecule has 2 N–H and O–H groups in total. The van der Waals surface area contributed by atoms with E-state index in [4.69, 9.17) is 45.8 Å². The largest absolute Gasteiger partial charge is 0.396 e. The third-order valence-electron chi connectivity index (χ3n) is 1.20. The number of nitrogens with two attached hydrogens (primary N) is 1. The van der Waals surface area contributed by atoms with E-state index in [2.05, 4.69) is 4.98 Å². The van der Waals surface area contributed by atoms with Gasteiger partial charge in [-0.25, -0.2) is 4.98 Å². The molecule has 0 aliphatic rings. The summed E-state index contributed by atoms with van der Waals surface area (Å²) in [5, 5.41) is 8.57. The van der Waals surface area contributed by atoms with Crippen molar-refractivity contribution in [2.24, 2.45) is 0 Å². The Morgan fingerprint density at radius 1 is 1.25 bits per heavy atom. The molecule has 1 rings (SSSR count). The summed E-state index contributed by atoms with van der Waals surface area (Å²) in [6.07, 6.45) is 0. The van der Waals surface area contributed by atoms with Crippen LogP contribution in [0.2, 0.25) is 15.3 Å². The fourth-order valence-electron chi connectivity index (χ4n) is 0.630. The van der Waals surface area contributed by atoms with Crippen LogP contribution in [0.15, 0.2) is 0 Å². The number of nitrogens with zero attached hydrogens (tertiary/aromatic N) is 2. The van der Waals surface area contributed by atoms with Crippen LogP contribution in [0.4, 0.5) is 5.69 Å². The summed E-state index contributed by atoms with van der Waals surface area (Å²) >= 11 is 16.7. The third-order valence-corrected chi connectivity index (χ3v) is 2.23. The molecule has 3 nitrogen and oxygen atoms in total. The summed E-state index contributed by atoms with van der Waals surface area (Å²) in [6, 6.07) is 1.77. The lowest BCUT2D eigenvalue weighted by Gasteiger charge is -2.02. The van der Waals surface area contributed by atoms with Crippen molar-refractivity contribution in [3.05, 3.63) is 20.9 Å². The Kier molecular flexibility index (Phi) is 2.63. The summed E-state index contributed by atoms with van der Waals surface area (Å²) in [7, 11) is 0. The van der Waals surface area contributed by atoms with E-state index in [9.17, 15) is 0 Å². The molecule has 1 heterocycles. The van der Waals surface area contributed by atoms with E-state index in [0.717, 1.165) is 0 Å². The van der Waals surface area contributed by atoms with Crippen molar-refractivity contribution in [3.63, 3.8) is 0 Å². The first-order chi connectivity index (χ1) is 5.57. The van der Waals surface area contributed by atoms with Gasteiger partial charge in [0.2, 0.25) is 0 Å². The molecular formula is C6H2Cl3N3. The molecule has 0 saturated carbocycles. The summed E-state index contributed by atoms with van der Waals surface area (Å²) in [5.74, 6) is 0. The first kappa shape index (κ1) is 9.40. The lowest BCUT2D eigenvalue weighted by molar-refractivity contribution is 1.30. The molecule has 0 fully saturated rings. The number of hydrogen-bond acceptors (Lipinski definition) is 3. The monoisotopic (exact) mass is 221 g/mol. The maximum atomic E-state index is 8.56. The molecule has 0 amide bonds. The van der Waals surface area contributed by atoms with Gasteiger partial charge in [0, 0.05) is 0 Å². The average molecular weight is 222 g/mol. The summed E-state index contributed by atoms with van der Waals surface area (Å²) < 4.78 is 0. The highest BCUT2D eigenvalue weighted by atomic mass is 35.5. The highest BCUT2D eigenvalue weighted by Gasteiger charge is 2.13. The van der Waals surface area contributed by atoms with Crippen LogP contribution in [-0.2, 0) is 0 Å². The number of nitrogen functional groups attached to an aromatic ring is 1. The number of rotatable bonds is 0. The van der Waals surface area contributed by atoms with E-state index in [1.807, 2.05) is 0 Å². The van der Waals surface area contributed by atoms with Gasteiger partial charge in [-0.1, -0.05) is 34.8 Å².